The summed E-state index contributed by atoms with van der Waals surface area (Å²) in [4.78, 5) is 25.3. The monoisotopic (exact) mass is 346 g/mol. The van der Waals surface area contributed by atoms with Crippen LogP contribution in [0.2, 0.25) is 0 Å². The summed E-state index contributed by atoms with van der Waals surface area (Å²) in [6.45, 7) is 10.3. The number of cyclic esters (lactones) is 1. The fourth-order valence-corrected chi connectivity index (χ4v) is 5.73. The van der Waals surface area contributed by atoms with Crippen molar-refractivity contribution in [2.24, 2.45) is 22.2 Å². The minimum atomic E-state index is -0.954. The van der Waals surface area contributed by atoms with E-state index in [0.717, 1.165) is 18.4 Å². The first-order chi connectivity index (χ1) is 11.7. The van der Waals surface area contributed by atoms with Crippen molar-refractivity contribution < 1.29 is 24.2 Å². The minimum Gasteiger partial charge on any atom is -0.465 e. The molecule has 0 radical (unpaired) electrons. The van der Waals surface area contributed by atoms with Crippen molar-refractivity contribution >= 4 is 11.9 Å². The summed E-state index contributed by atoms with van der Waals surface area (Å²) < 4.78 is 11.2. The molecule has 2 fully saturated rings. The molecule has 0 spiro atoms. The van der Waals surface area contributed by atoms with Crippen LogP contribution < -0.4 is 0 Å². The lowest BCUT2D eigenvalue weighted by atomic mass is 9.50. The van der Waals surface area contributed by atoms with Gasteiger partial charge in [0.2, 0.25) is 0 Å². The van der Waals surface area contributed by atoms with E-state index in [-0.39, 0.29) is 23.4 Å². The predicted octanol–water partition coefficient (Wildman–Crippen LogP) is 2.53. The smallest absolute Gasteiger partial charge is 0.336 e. The van der Waals surface area contributed by atoms with Crippen LogP contribution in [-0.4, -0.2) is 35.9 Å². The van der Waals surface area contributed by atoms with Crippen molar-refractivity contribution in [2.75, 3.05) is 6.61 Å². The van der Waals surface area contributed by atoms with Gasteiger partial charge in [-0.15, -0.1) is 6.58 Å². The van der Waals surface area contributed by atoms with E-state index < -0.39 is 22.9 Å². The molecule has 0 unspecified atom stereocenters. The molecule has 0 aromatic rings. The van der Waals surface area contributed by atoms with Gasteiger partial charge in [-0.3, -0.25) is 4.79 Å². The van der Waals surface area contributed by atoms with Crippen LogP contribution in [0, 0.1) is 22.2 Å². The van der Waals surface area contributed by atoms with Gasteiger partial charge in [0, 0.05) is 16.2 Å². The Morgan fingerprint density at radius 3 is 2.64 bits per heavy atom. The van der Waals surface area contributed by atoms with E-state index in [2.05, 4.69) is 13.5 Å². The third-order valence-electron chi connectivity index (χ3n) is 7.45. The SMILES string of the molecule is C=C[C@@]1(C)CCC2=C(C(=O)O[C@@H]3CC[C@@]4(C)COC(=O)[C@@H]4[C@]23C)[C@H]1O. The molecule has 4 rings (SSSR count). The molecule has 5 nitrogen and oxygen atoms in total. The molecule has 1 saturated carbocycles. The van der Waals surface area contributed by atoms with Crippen molar-refractivity contribution in [3.63, 3.8) is 0 Å². The van der Waals surface area contributed by atoms with E-state index in [1.54, 1.807) is 6.08 Å². The third-order valence-corrected chi connectivity index (χ3v) is 7.45. The zero-order valence-corrected chi connectivity index (χ0v) is 15.1. The first kappa shape index (κ1) is 16.8. The topological polar surface area (TPSA) is 72.8 Å². The second-order valence-corrected chi connectivity index (χ2v) is 8.91. The fraction of sp³-hybridized carbons (Fsp3) is 0.700. The number of aliphatic hydroxyl groups is 1. The number of ether oxygens (including phenoxy) is 2. The molecule has 25 heavy (non-hydrogen) atoms. The van der Waals surface area contributed by atoms with Crippen LogP contribution in [0.1, 0.15) is 46.5 Å². The summed E-state index contributed by atoms with van der Waals surface area (Å²) >= 11 is 0. The number of hydrogen-bond donors (Lipinski definition) is 1. The Bertz CT molecular complexity index is 709. The number of esters is 2. The molecule has 5 heteroatoms. The van der Waals surface area contributed by atoms with Gasteiger partial charge in [-0.2, -0.15) is 0 Å². The second kappa shape index (κ2) is 4.97. The lowest BCUT2D eigenvalue weighted by Gasteiger charge is -2.56. The summed E-state index contributed by atoms with van der Waals surface area (Å²) in [7, 11) is 0. The molecule has 2 heterocycles. The molecule has 0 aromatic carbocycles. The van der Waals surface area contributed by atoms with Crippen molar-refractivity contribution in [2.45, 2.75) is 58.7 Å². The molecule has 0 aromatic heterocycles. The van der Waals surface area contributed by atoms with Crippen LogP contribution in [-0.2, 0) is 19.1 Å². The van der Waals surface area contributed by atoms with E-state index in [4.69, 9.17) is 9.47 Å². The number of fused-ring (bicyclic) bond motifs is 4. The van der Waals surface area contributed by atoms with Gasteiger partial charge in [0.25, 0.3) is 0 Å². The first-order valence-corrected chi connectivity index (χ1v) is 9.10. The molecule has 2 aliphatic carbocycles. The van der Waals surface area contributed by atoms with Gasteiger partial charge in [-0.25, -0.2) is 4.79 Å². The zero-order valence-electron chi connectivity index (χ0n) is 15.1. The van der Waals surface area contributed by atoms with E-state index in [0.29, 0.717) is 25.0 Å². The quantitative estimate of drug-likeness (QED) is 0.583. The summed E-state index contributed by atoms with van der Waals surface area (Å²) in [5.41, 5.74) is -0.164. The highest BCUT2D eigenvalue weighted by Crippen LogP contribution is 2.63. The number of carbonyl (C=O) groups excluding carboxylic acids is 2. The van der Waals surface area contributed by atoms with Gasteiger partial charge < -0.3 is 14.6 Å². The van der Waals surface area contributed by atoms with Gasteiger partial charge in [0.1, 0.15) is 6.10 Å². The average molecular weight is 346 g/mol. The average Bonchev–Trinajstić information content (AvgIpc) is 2.88. The van der Waals surface area contributed by atoms with Crippen LogP contribution in [0.5, 0.6) is 0 Å². The molecule has 136 valence electrons. The fourth-order valence-electron chi connectivity index (χ4n) is 5.73. The molecule has 2 aliphatic heterocycles. The summed E-state index contributed by atoms with van der Waals surface area (Å²) in [6, 6.07) is 0. The van der Waals surface area contributed by atoms with Crippen LogP contribution >= 0.6 is 0 Å². The molecule has 4 aliphatic rings. The molecule has 0 bridgehead atoms. The van der Waals surface area contributed by atoms with Crippen LogP contribution in [0.4, 0.5) is 0 Å². The number of carbonyl (C=O) groups is 2. The Morgan fingerprint density at radius 2 is 1.96 bits per heavy atom. The van der Waals surface area contributed by atoms with Crippen molar-refractivity contribution in [3.8, 4) is 0 Å². The molecular formula is C20H26O5. The summed E-state index contributed by atoms with van der Waals surface area (Å²) in [5, 5.41) is 10.9. The zero-order chi connectivity index (χ0) is 18.2. The predicted molar refractivity (Wildman–Crippen MR) is 90.3 cm³/mol. The molecule has 6 atom stereocenters. The minimum absolute atomic E-state index is 0.203. The maximum Gasteiger partial charge on any atom is 0.336 e. The Labute approximate surface area is 148 Å². The van der Waals surface area contributed by atoms with E-state index in [9.17, 15) is 14.7 Å². The normalized spacial score (nSPS) is 48.9. The highest BCUT2D eigenvalue weighted by molar-refractivity contribution is 5.93. The maximum absolute atomic E-state index is 12.7. The van der Waals surface area contributed by atoms with Gasteiger partial charge in [0.15, 0.2) is 0 Å². The third kappa shape index (κ3) is 1.93. The van der Waals surface area contributed by atoms with Crippen LogP contribution in [0.25, 0.3) is 0 Å². The largest absolute Gasteiger partial charge is 0.465 e. The van der Waals surface area contributed by atoms with E-state index in [1.165, 1.54) is 0 Å². The van der Waals surface area contributed by atoms with Crippen molar-refractivity contribution in [1.82, 2.24) is 0 Å². The number of hydrogen-bond acceptors (Lipinski definition) is 5. The Hall–Kier alpha value is -1.62. The van der Waals surface area contributed by atoms with E-state index in [1.807, 2.05) is 13.8 Å². The van der Waals surface area contributed by atoms with Gasteiger partial charge in [0.05, 0.1) is 24.2 Å². The second-order valence-electron chi connectivity index (χ2n) is 8.91. The Kier molecular flexibility index (Phi) is 3.34. The maximum atomic E-state index is 12.7. The van der Waals surface area contributed by atoms with Crippen LogP contribution in [0.3, 0.4) is 0 Å². The van der Waals surface area contributed by atoms with Gasteiger partial charge in [-0.05, 0) is 31.3 Å². The summed E-state index contributed by atoms with van der Waals surface area (Å²) in [6.07, 6.45) is 3.32. The molecular weight excluding hydrogens is 320 g/mol. The Morgan fingerprint density at radius 1 is 1.24 bits per heavy atom. The highest BCUT2D eigenvalue weighted by atomic mass is 16.6. The van der Waals surface area contributed by atoms with Crippen molar-refractivity contribution in [3.05, 3.63) is 23.8 Å². The first-order valence-electron chi connectivity index (χ1n) is 9.10. The molecule has 1 N–H and O–H groups in total. The number of rotatable bonds is 1. The van der Waals surface area contributed by atoms with E-state index >= 15 is 0 Å². The molecule has 0 amide bonds. The van der Waals surface area contributed by atoms with Crippen LogP contribution in [0.15, 0.2) is 23.8 Å². The summed E-state index contributed by atoms with van der Waals surface area (Å²) in [5.74, 6) is -0.976. The number of aliphatic hydroxyl groups excluding tert-OH is 1. The standard InChI is InChI=1S/C20H26O5/c1-5-18(2)8-6-11-13(15(18)21)16(22)25-12-7-9-19(3)10-24-17(23)14(19)20(11,12)4/h5,12,14-15,21H,1,6-10H2,2-4H3/t12-,14+,15-,18+,19+,20-/m1/s1. The van der Waals surface area contributed by atoms with Crippen molar-refractivity contribution in [1.29, 1.82) is 0 Å². The molecule has 1 saturated heterocycles. The lowest BCUT2D eigenvalue weighted by molar-refractivity contribution is -0.173. The highest BCUT2D eigenvalue weighted by Gasteiger charge is 2.66. The Balaban J connectivity index is 1.90. The lowest BCUT2D eigenvalue weighted by Crippen LogP contribution is -2.59. The van der Waals surface area contributed by atoms with Gasteiger partial charge in [-0.1, -0.05) is 26.8 Å². The van der Waals surface area contributed by atoms with Gasteiger partial charge >= 0.3 is 11.9 Å².